The summed E-state index contributed by atoms with van der Waals surface area (Å²) < 4.78 is 35.2. The molecule has 0 amide bonds. The SMILES string of the molecule is CCC[C@@H](C)C=C(C)C(=O)O[C@H]1[C@@H](C)O[C@H](O[C@H]2CC[C@@H](O[C@H]3C(=O)C(C(C)=O)=C(O)[C@]4(O)C(=O)c5c(O)c6c(c(C)c5C[C@@]34O)C(=O)C(OC)=CC6=O)O[C@H]2C)C[C@@]1(C)O. The van der Waals surface area contributed by atoms with Gasteiger partial charge in [-0.05, 0) is 71.4 Å². The fourth-order valence-electron chi connectivity index (χ4n) is 9.38. The number of ketones is 5. The first kappa shape index (κ1) is 45.9. The molecule has 2 heterocycles. The first-order valence-electron chi connectivity index (χ1n) is 20.4. The van der Waals surface area contributed by atoms with Gasteiger partial charge in [0.25, 0.3) is 0 Å². The predicted molar refractivity (Wildman–Crippen MR) is 210 cm³/mol. The minimum atomic E-state index is -3.47. The minimum absolute atomic E-state index is 0.0139. The number of aliphatic hydroxyl groups is 4. The number of methoxy groups -OCH3 is 1. The lowest BCUT2D eigenvalue weighted by molar-refractivity contribution is -0.316. The number of ether oxygens (including phenoxy) is 6. The maximum Gasteiger partial charge on any atom is 0.333 e. The number of esters is 1. The average Bonchev–Trinajstić information content (AvgIpc) is 3.17. The van der Waals surface area contributed by atoms with Crippen molar-refractivity contribution in [1.82, 2.24) is 0 Å². The highest BCUT2D eigenvalue weighted by Crippen LogP contribution is 2.52. The van der Waals surface area contributed by atoms with Gasteiger partial charge in [0.05, 0.1) is 36.5 Å². The molecule has 17 heteroatoms. The maximum atomic E-state index is 14.4. The van der Waals surface area contributed by atoms with Crippen LogP contribution in [0.25, 0.3) is 0 Å². The molecule has 5 N–H and O–H groups in total. The molecule has 1 aromatic carbocycles. The Hall–Kier alpha value is -4.62. The van der Waals surface area contributed by atoms with E-state index in [0.717, 1.165) is 33.0 Å². The Kier molecular flexibility index (Phi) is 12.5. The van der Waals surface area contributed by atoms with Gasteiger partial charge < -0.3 is 54.0 Å². The van der Waals surface area contributed by atoms with Crippen molar-refractivity contribution in [2.24, 2.45) is 5.92 Å². The number of phenolic OH excluding ortho intramolecular Hbond substituents is 1. The highest BCUT2D eigenvalue weighted by Gasteiger charge is 2.71. The van der Waals surface area contributed by atoms with Crippen LogP contribution in [0.15, 0.2) is 34.8 Å². The molecule has 0 spiro atoms. The van der Waals surface area contributed by atoms with Crippen molar-refractivity contribution in [3.63, 3.8) is 0 Å². The molecule has 3 aliphatic carbocycles. The minimum Gasteiger partial charge on any atom is -0.508 e. The highest BCUT2D eigenvalue weighted by molar-refractivity contribution is 6.29. The number of allylic oxidation sites excluding steroid dienone is 3. The number of phenols is 1. The van der Waals surface area contributed by atoms with Crippen LogP contribution in [0.2, 0.25) is 0 Å². The summed E-state index contributed by atoms with van der Waals surface area (Å²) in [5.41, 5.74) is -10.6. The molecule has 1 aromatic rings. The molecule has 332 valence electrons. The number of Topliss-reactive ketones (excluding diaryl/α,β-unsaturated/α-hetero) is 4. The molecule has 61 heavy (non-hydrogen) atoms. The van der Waals surface area contributed by atoms with Gasteiger partial charge in [0, 0.05) is 36.5 Å². The summed E-state index contributed by atoms with van der Waals surface area (Å²) in [5.74, 6) is -8.89. The second-order valence-corrected chi connectivity index (χ2v) is 17.1. The predicted octanol–water partition coefficient (Wildman–Crippen LogP) is 3.27. The smallest absolute Gasteiger partial charge is 0.333 e. The van der Waals surface area contributed by atoms with E-state index in [9.17, 15) is 54.3 Å². The Labute approximate surface area is 352 Å². The van der Waals surface area contributed by atoms with E-state index in [0.29, 0.717) is 5.57 Å². The van der Waals surface area contributed by atoms with Crippen LogP contribution in [-0.4, -0.2) is 127 Å². The lowest BCUT2D eigenvalue weighted by Gasteiger charge is -2.52. The average molecular weight is 855 g/mol. The molecule has 0 aromatic heterocycles. The molecule has 17 nitrogen and oxygen atoms in total. The van der Waals surface area contributed by atoms with E-state index in [2.05, 4.69) is 6.92 Å². The number of carbonyl (C=O) groups is 6. The fraction of sp³-hybridized carbons (Fsp3) is 0.591. The van der Waals surface area contributed by atoms with Gasteiger partial charge in [-0.1, -0.05) is 26.3 Å². The number of hydrogen-bond donors (Lipinski definition) is 5. The van der Waals surface area contributed by atoms with E-state index in [4.69, 9.17) is 28.4 Å². The van der Waals surface area contributed by atoms with E-state index in [1.807, 2.05) is 13.0 Å². The van der Waals surface area contributed by atoms with E-state index in [1.54, 1.807) is 20.8 Å². The molecule has 2 fully saturated rings. The van der Waals surface area contributed by atoms with E-state index >= 15 is 0 Å². The molecule has 6 rings (SSSR count). The number of rotatable bonds is 11. The lowest BCUT2D eigenvalue weighted by Crippen LogP contribution is -2.74. The molecule has 0 saturated carbocycles. The summed E-state index contributed by atoms with van der Waals surface area (Å²) in [6, 6.07) is 0. The summed E-state index contributed by atoms with van der Waals surface area (Å²) in [6.07, 6.45) is -4.07. The van der Waals surface area contributed by atoms with E-state index in [-0.39, 0.29) is 47.6 Å². The Balaban J connectivity index is 1.22. The zero-order chi connectivity index (χ0) is 45.3. The number of hydrogen-bond acceptors (Lipinski definition) is 17. The van der Waals surface area contributed by atoms with Gasteiger partial charge in [-0.15, -0.1) is 0 Å². The molecule has 0 unspecified atom stereocenters. The van der Waals surface area contributed by atoms with Gasteiger partial charge in [0.1, 0.15) is 28.3 Å². The molecule has 2 aliphatic heterocycles. The largest absolute Gasteiger partial charge is 0.508 e. The molecule has 5 aliphatic rings. The number of aromatic hydroxyl groups is 1. The summed E-state index contributed by atoms with van der Waals surface area (Å²) in [7, 11) is 1.15. The normalized spacial score (nSPS) is 34.6. The van der Waals surface area contributed by atoms with Gasteiger partial charge in [0.2, 0.25) is 23.0 Å². The number of carbonyl (C=O) groups excluding carboxylic acids is 6. The van der Waals surface area contributed by atoms with Gasteiger partial charge in [0.15, 0.2) is 42.1 Å². The van der Waals surface area contributed by atoms with E-state index in [1.165, 1.54) is 13.8 Å². The van der Waals surface area contributed by atoms with Crippen molar-refractivity contribution in [3.8, 4) is 5.75 Å². The van der Waals surface area contributed by atoms with Crippen molar-refractivity contribution in [2.75, 3.05) is 7.11 Å². The van der Waals surface area contributed by atoms with Gasteiger partial charge >= 0.3 is 5.97 Å². The Bertz CT molecular complexity index is 2160. The number of fused-ring (bicyclic) bond motifs is 3. The fourth-order valence-corrected chi connectivity index (χ4v) is 9.38. The van der Waals surface area contributed by atoms with Crippen molar-refractivity contribution >= 4 is 34.9 Å². The molecule has 2 saturated heterocycles. The van der Waals surface area contributed by atoms with Crippen LogP contribution in [0.1, 0.15) is 123 Å². The van der Waals surface area contributed by atoms with Crippen LogP contribution >= 0.6 is 0 Å². The highest BCUT2D eigenvalue weighted by atomic mass is 16.7. The number of benzene rings is 1. The quantitative estimate of drug-likeness (QED) is 0.122. The standard InChI is InChI=1S/C44H54O17/c1-10-11-18(2)14-19(3)41(52)61-39-23(7)58-29(17-42(39,8)53)59-26-12-13-28(57-22(26)6)60-40-36(49)31(21(5)45)37(50)44(55)38(51)32-24(16-43(40,44)54)20(4)30-33(35(32)48)25(46)15-27(56-9)34(30)47/h14-15,18,22-23,26,28-29,39-40,48,50,53-55H,10-13,16-17H2,1-9H3/t18-,22+,23-,26+,28-,29-,39+,40+,42-,43-,44+/m1/s1. The van der Waals surface area contributed by atoms with Crippen molar-refractivity contribution in [1.29, 1.82) is 0 Å². The number of aliphatic hydroxyl groups excluding tert-OH is 1. The van der Waals surface area contributed by atoms with Crippen LogP contribution in [0.5, 0.6) is 5.75 Å². The first-order chi connectivity index (χ1) is 28.4. The third-order valence-corrected chi connectivity index (χ3v) is 12.5. The Morgan fingerprint density at radius 3 is 2.21 bits per heavy atom. The zero-order valence-corrected chi connectivity index (χ0v) is 35.7. The second kappa shape index (κ2) is 16.6. The molecule has 11 atom stereocenters. The Morgan fingerprint density at radius 2 is 1.62 bits per heavy atom. The van der Waals surface area contributed by atoms with Crippen LogP contribution in [0.4, 0.5) is 0 Å². The third-order valence-electron chi connectivity index (χ3n) is 12.5. The first-order valence-corrected chi connectivity index (χ1v) is 20.4. The van der Waals surface area contributed by atoms with Crippen LogP contribution in [-0.2, 0) is 49.2 Å². The lowest BCUT2D eigenvalue weighted by atomic mass is 9.58. The maximum absolute atomic E-state index is 14.4. The summed E-state index contributed by atoms with van der Waals surface area (Å²) in [5, 5.41) is 58.8. The van der Waals surface area contributed by atoms with Crippen LogP contribution in [0.3, 0.4) is 0 Å². The third kappa shape index (κ3) is 7.57. The Morgan fingerprint density at radius 1 is 0.967 bits per heavy atom. The molecular formula is C44H54O17. The zero-order valence-electron chi connectivity index (χ0n) is 35.7. The van der Waals surface area contributed by atoms with Crippen molar-refractivity contribution < 1.29 is 82.7 Å². The molecule has 0 bridgehead atoms. The second-order valence-electron chi connectivity index (χ2n) is 17.1. The van der Waals surface area contributed by atoms with Crippen molar-refractivity contribution in [3.05, 3.63) is 62.6 Å². The topological polar surface area (TPSA) is 259 Å². The van der Waals surface area contributed by atoms with Crippen LogP contribution < -0.4 is 0 Å². The summed E-state index contributed by atoms with van der Waals surface area (Å²) in [6.45, 7) is 12.7. The van der Waals surface area contributed by atoms with Gasteiger partial charge in [-0.3, -0.25) is 24.0 Å². The van der Waals surface area contributed by atoms with Gasteiger partial charge in [-0.2, -0.15) is 0 Å². The molecule has 0 radical (unpaired) electrons. The molecular weight excluding hydrogens is 800 g/mol. The monoisotopic (exact) mass is 854 g/mol. The summed E-state index contributed by atoms with van der Waals surface area (Å²) >= 11 is 0. The van der Waals surface area contributed by atoms with Crippen LogP contribution in [0, 0.1) is 12.8 Å². The van der Waals surface area contributed by atoms with Crippen molar-refractivity contribution in [2.45, 2.75) is 154 Å². The van der Waals surface area contributed by atoms with E-state index < -0.39 is 129 Å². The van der Waals surface area contributed by atoms with Gasteiger partial charge in [-0.25, -0.2) is 4.79 Å². The summed E-state index contributed by atoms with van der Waals surface area (Å²) in [4.78, 5) is 80.7.